The minimum absolute atomic E-state index is 0.0278. The Labute approximate surface area is 187 Å². The summed E-state index contributed by atoms with van der Waals surface area (Å²) in [6.45, 7) is 4.21. The minimum atomic E-state index is -1.17. The number of carboxylic acids is 1. The lowest BCUT2D eigenvalue weighted by molar-refractivity contribution is -0.142. The molecule has 1 heterocycles. The van der Waals surface area contributed by atoms with Gasteiger partial charge in [-0.05, 0) is 16.7 Å². The average Bonchev–Trinajstić information content (AvgIpc) is 2.79. The normalized spacial score (nSPS) is 15.9. The maximum atomic E-state index is 11.3. The Morgan fingerprint density at radius 1 is 1.00 bits per heavy atom. The summed E-state index contributed by atoms with van der Waals surface area (Å²) in [6, 6.07) is 18.0. The number of amides is 1. The molecule has 172 valence electrons. The average molecular weight is 443 g/mol. The van der Waals surface area contributed by atoms with E-state index < -0.39 is 12.1 Å². The fourth-order valence-electron chi connectivity index (χ4n) is 4.02. The number of nitrogens with two attached hydrogens (primary N) is 1. The van der Waals surface area contributed by atoms with E-state index in [2.05, 4.69) is 21.9 Å². The van der Waals surface area contributed by atoms with Crippen LogP contribution in [0.3, 0.4) is 0 Å². The molecule has 0 aliphatic carbocycles. The predicted octanol–water partition coefficient (Wildman–Crippen LogP) is 1.85. The van der Waals surface area contributed by atoms with E-state index in [1.165, 1.54) is 0 Å². The molecule has 1 amide bonds. The molecule has 0 spiro atoms. The molecule has 0 bridgehead atoms. The van der Waals surface area contributed by atoms with E-state index in [9.17, 15) is 14.7 Å². The van der Waals surface area contributed by atoms with Crippen molar-refractivity contribution in [3.63, 3.8) is 0 Å². The lowest BCUT2D eigenvalue weighted by Crippen LogP contribution is -2.48. The first-order chi connectivity index (χ1) is 15.5. The maximum Gasteiger partial charge on any atom is 0.421 e. The molecule has 1 atom stereocenters. The predicted molar refractivity (Wildman–Crippen MR) is 119 cm³/mol. The topological polar surface area (TPSA) is 120 Å². The molecule has 0 radical (unpaired) electrons. The molecule has 3 rings (SSSR count). The number of aliphatic carboxylic acids is 1. The molecule has 4 N–H and O–H groups in total. The van der Waals surface area contributed by atoms with Crippen LogP contribution in [0, 0.1) is 0 Å². The number of carbonyl (C=O) groups is 2. The zero-order valence-corrected chi connectivity index (χ0v) is 18.0. The lowest BCUT2D eigenvalue weighted by atomic mass is 9.92. The molecule has 1 fully saturated rings. The molecule has 9 nitrogen and oxygen atoms in total. The molecule has 2 aromatic rings. The van der Waals surface area contributed by atoms with E-state index in [0.29, 0.717) is 13.2 Å². The summed E-state index contributed by atoms with van der Waals surface area (Å²) < 4.78 is 5.16. The van der Waals surface area contributed by atoms with Crippen LogP contribution in [0.5, 0.6) is 0 Å². The maximum absolute atomic E-state index is 11.3. The van der Waals surface area contributed by atoms with Crippen molar-refractivity contribution in [2.75, 3.05) is 45.9 Å². The summed E-state index contributed by atoms with van der Waals surface area (Å²) in [7, 11) is 0. The quantitative estimate of drug-likeness (QED) is 0.221. The van der Waals surface area contributed by atoms with Crippen LogP contribution in [-0.4, -0.2) is 83.0 Å². The molecule has 1 aliphatic heterocycles. The highest BCUT2D eigenvalue weighted by atomic mass is 16.5. The van der Waals surface area contributed by atoms with Gasteiger partial charge in [0.25, 0.3) is 0 Å². The van der Waals surface area contributed by atoms with Crippen LogP contribution in [0.1, 0.15) is 22.7 Å². The van der Waals surface area contributed by atoms with Gasteiger partial charge in [0.05, 0.1) is 19.2 Å². The Kier molecular flexibility index (Phi) is 8.57. The molecule has 32 heavy (non-hydrogen) atoms. The second-order valence-corrected chi connectivity index (χ2v) is 7.75. The Morgan fingerprint density at radius 2 is 1.66 bits per heavy atom. The first-order valence-electron chi connectivity index (χ1n) is 10.6. The lowest BCUT2D eigenvalue weighted by Gasteiger charge is -2.40. The molecule has 0 aromatic heterocycles. The molecule has 1 aliphatic rings. The fraction of sp³-hybridized carbons (Fsp3) is 0.391. The number of rotatable bonds is 10. The number of piperazine rings is 1. The molecule has 2 aromatic carbocycles. The van der Waals surface area contributed by atoms with Crippen LogP contribution >= 0.6 is 0 Å². The zero-order chi connectivity index (χ0) is 22.9. The number of carboxylic acid groups (broad SMARTS) is 2. The van der Waals surface area contributed by atoms with Crippen molar-refractivity contribution in [1.29, 1.82) is 0 Å². The van der Waals surface area contributed by atoms with Gasteiger partial charge in [-0.25, -0.2) is 20.4 Å². The summed E-state index contributed by atoms with van der Waals surface area (Å²) in [4.78, 5) is 26.5. The standard InChI is InChI=1S/C23H30N4O5/c24-27(23(30)31)16-19-8-4-5-9-20(19)22(18-6-2-1-3-7-18)26-12-10-25(11-13-26)14-15-32-17-21(28)29/h1-9,22H,10-17,24H2,(H,28,29)(H,30,31). The smallest absolute Gasteiger partial charge is 0.421 e. The van der Waals surface area contributed by atoms with Gasteiger partial charge < -0.3 is 14.9 Å². The van der Waals surface area contributed by atoms with E-state index in [-0.39, 0.29) is 19.2 Å². The van der Waals surface area contributed by atoms with Crippen LogP contribution in [0.2, 0.25) is 0 Å². The van der Waals surface area contributed by atoms with Gasteiger partial charge in [0.2, 0.25) is 0 Å². The molecule has 0 saturated carbocycles. The van der Waals surface area contributed by atoms with Crippen molar-refractivity contribution in [2.45, 2.75) is 12.6 Å². The number of hydrogen-bond acceptors (Lipinski definition) is 6. The summed E-state index contributed by atoms with van der Waals surface area (Å²) >= 11 is 0. The van der Waals surface area contributed by atoms with E-state index in [1.54, 1.807) is 0 Å². The Hall–Kier alpha value is -2.98. The van der Waals surface area contributed by atoms with E-state index in [4.69, 9.17) is 15.7 Å². The monoisotopic (exact) mass is 442 g/mol. The second-order valence-electron chi connectivity index (χ2n) is 7.75. The molecule has 9 heteroatoms. The highest BCUT2D eigenvalue weighted by molar-refractivity contribution is 5.68. The number of hydrazine groups is 1. The van der Waals surface area contributed by atoms with E-state index in [1.807, 2.05) is 42.5 Å². The minimum Gasteiger partial charge on any atom is -0.480 e. The highest BCUT2D eigenvalue weighted by Gasteiger charge is 2.28. The van der Waals surface area contributed by atoms with Gasteiger partial charge in [-0.1, -0.05) is 54.6 Å². The van der Waals surface area contributed by atoms with Crippen molar-refractivity contribution >= 4 is 12.1 Å². The molecular formula is C23H30N4O5. The Balaban J connectivity index is 1.75. The SMILES string of the molecule is NN(Cc1ccccc1C(c1ccccc1)N1CCN(CCOCC(=O)O)CC1)C(=O)O. The van der Waals surface area contributed by atoms with Crippen molar-refractivity contribution < 1.29 is 24.5 Å². The summed E-state index contributed by atoms with van der Waals surface area (Å²) in [5.41, 5.74) is 3.04. The van der Waals surface area contributed by atoms with Gasteiger partial charge in [-0.3, -0.25) is 9.80 Å². The number of hydrogen-bond donors (Lipinski definition) is 3. The zero-order valence-electron chi connectivity index (χ0n) is 18.0. The highest BCUT2D eigenvalue weighted by Crippen LogP contribution is 2.32. The third kappa shape index (κ3) is 6.51. The van der Waals surface area contributed by atoms with Gasteiger partial charge in [-0.2, -0.15) is 0 Å². The second kappa shape index (κ2) is 11.6. The van der Waals surface area contributed by atoms with Gasteiger partial charge in [0.15, 0.2) is 0 Å². The summed E-state index contributed by atoms with van der Waals surface area (Å²) in [5.74, 6) is 4.73. The molecule has 1 saturated heterocycles. The van der Waals surface area contributed by atoms with Gasteiger partial charge in [-0.15, -0.1) is 0 Å². The first-order valence-corrected chi connectivity index (χ1v) is 10.6. The van der Waals surface area contributed by atoms with E-state index in [0.717, 1.165) is 47.9 Å². The number of nitrogens with zero attached hydrogens (tertiary/aromatic N) is 3. The van der Waals surface area contributed by atoms with E-state index >= 15 is 0 Å². The molecular weight excluding hydrogens is 412 g/mol. The van der Waals surface area contributed by atoms with Crippen LogP contribution in [0.15, 0.2) is 54.6 Å². The van der Waals surface area contributed by atoms with Gasteiger partial charge in [0, 0.05) is 32.7 Å². The van der Waals surface area contributed by atoms with Crippen LogP contribution in [-0.2, 0) is 16.1 Å². The third-order valence-corrected chi connectivity index (χ3v) is 5.60. The Morgan fingerprint density at radius 3 is 2.31 bits per heavy atom. The fourth-order valence-corrected chi connectivity index (χ4v) is 4.02. The first kappa shape index (κ1) is 23.7. The van der Waals surface area contributed by atoms with Gasteiger partial charge in [0.1, 0.15) is 6.61 Å². The van der Waals surface area contributed by atoms with Crippen LogP contribution in [0.25, 0.3) is 0 Å². The Bertz CT molecular complexity index is 887. The largest absolute Gasteiger partial charge is 0.480 e. The third-order valence-electron chi connectivity index (χ3n) is 5.60. The van der Waals surface area contributed by atoms with Crippen molar-refractivity contribution in [3.05, 3.63) is 71.3 Å². The van der Waals surface area contributed by atoms with Crippen molar-refractivity contribution in [2.24, 2.45) is 5.84 Å². The van der Waals surface area contributed by atoms with Gasteiger partial charge >= 0.3 is 12.1 Å². The summed E-state index contributed by atoms with van der Waals surface area (Å²) in [5, 5.41) is 18.7. The van der Waals surface area contributed by atoms with Crippen molar-refractivity contribution in [1.82, 2.24) is 14.8 Å². The van der Waals surface area contributed by atoms with Crippen LogP contribution in [0.4, 0.5) is 4.79 Å². The number of benzene rings is 2. The van der Waals surface area contributed by atoms with Crippen LogP contribution < -0.4 is 5.84 Å². The number of ether oxygens (including phenoxy) is 1. The van der Waals surface area contributed by atoms with Crippen molar-refractivity contribution in [3.8, 4) is 0 Å². The molecule has 1 unspecified atom stereocenters. The summed E-state index contributed by atoms with van der Waals surface area (Å²) in [6.07, 6.45) is -1.17.